The van der Waals surface area contributed by atoms with Crippen molar-refractivity contribution in [3.05, 3.63) is 81.9 Å². The van der Waals surface area contributed by atoms with E-state index in [1.807, 2.05) is 18.2 Å². The number of fused-ring (bicyclic) bond motifs is 3. The van der Waals surface area contributed by atoms with Crippen LogP contribution in [0.4, 0.5) is 0 Å². The third kappa shape index (κ3) is 2.34. The van der Waals surface area contributed by atoms with Crippen LogP contribution in [0, 0.1) is 3.57 Å². The highest BCUT2D eigenvalue weighted by Gasteiger charge is 2.14. The van der Waals surface area contributed by atoms with E-state index in [0.717, 1.165) is 11.7 Å². The van der Waals surface area contributed by atoms with Crippen LogP contribution in [-0.2, 0) is 0 Å². The molecule has 2 heteroatoms. The molecule has 0 saturated carbocycles. The Bertz CT molecular complexity index is 1040. The molecule has 0 aliphatic rings. The molecule has 1 nitrogen and oxygen atoms in total. The van der Waals surface area contributed by atoms with Crippen molar-refractivity contribution in [1.82, 2.24) is 0 Å². The van der Waals surface area contributed by atoms with Gasteiger partial charge in [-0.3, -0.25) is 4.79 Å². The molecule has 0 aliphatic carbocycles. The standard InChI is InChI=1S/C21H13IO/c22-21-18-9-5-4-8-16(18)17-11-10-14(13-23)12-19(17)20(21)15-6-2-1-3-7-15/h1-13H. The molecule has 0 fully saturated rings. The van der Waals surface area contributed by atoms with Gasteiger partial charge in [0.15, 0.2) is 0 Å². The molecule has 0 heterocycles. The van der Waals surface area contributed by atoms with E-state index < -0.39 is 0 Å². The average Bonchev–Trinajstić information content (AvgIpc) is 2.62. The maximum absolute atomic E-state index is 11.2. The first kappa shape index (κ1) is 14.4. The van der Waals surface area contributed by atoms with E-state index in [1.165, 1.54) is 30.9 Å². The Morgan fingerprint density at radius 2 is 1.35 bits per heavy atom. The van der Waals surface area contributed by atoms with Gasteiger partial charge >= 0.3 is 0 Å². The maximum atomic E-state index is 11.2. The van der Waals surface area contributed by atoms with Crippen molar-refractivity contribution in [2.24, 2.45) is 0 Å². The fraction of sp³-hybridized carbons (Fsp3) is 0. The summed E-state index contributed by atoms with van der Waals surface area (Å²) in [7, 11) is 0. The van der Waals surface area contributed by atoms with Crippen LogP contribution in [0.2, 0.25) is 0 Å². The number of halogens is 1. The molecule has 0 aromatic heterocycles. The molecule has 4 aromatic rings. The second-order valence-corrected chi connectivity index (χ2v) is 6.60. The van der Waals surface area contributed by atoms with E-state index >= 15 is 0 Å². The number of carbonyl (C=O) groups is 1. The Kier molecular flexibility index (Phi) is 3.62. The highest BCUT2D eigenvalue weighted by Crippen LogP contribution is 2.39. The Hall–Kier alpha value is -2.20. The second kappa shape index (κ2) is 5.78. The summed E-state index contributed by atoms with van der Waals surface area (Å²) in [4.78, 5) is 11.2. The van der Waals surface area contributed by atoms with E-state index in [0.29, 0.717) is 5.56 Å². The lowest BCUT2D eigenvalue weighted by Crippen LogP contribution is -1.91. The van der Waals surface area contributed by atoms with Crippen LogP contribution in [0.5, 0.6) is 0 Å². The predicted octanol–water partition coefficient (Wildman–Crippen LogP) is 6.08. The van der Waals surface area contributed by atoms with Crippen molar-refractivity contribution in [2.75, 3.05) is 0 Å². The smallest absolute Gasteiger partial charge is 0.150 e. The first-order valence-electron chi connectivity index (χ1n) is 7.44. The van der Waals surface area contributed by atoms with Crippen molar-refractivity contribution in [2.45, 2.75) is 0 Å². The van der Waals surface area contributed by atoms with Gasteiger partial charge in [0, 0.05) is 14.7 Å². The largest absolute Gasteiger partial charge is 0.298 e. The van der Waals surface area contributed by atoms with Gasteiger partial charge in [-0.15, -0.1) is 0 Å². The summed E-state index contributed by atoms with van der Waals surface area (Å²) < 4.78 is 1.22. The Labute approximate surface area is 148 Å². The Morgan fingerprint density at radius 3 is 2.09 bits per heavy atom. The van der Waals surface area contributed by atoms with Gasteiger partial charge in [0.2, 0.25) is 0 Å². The van der Waals surface area contributed by atoms with Gasteiger partial charge in [-0.05, 0) is 55.8 Å². The third-order valence-electron chi connectivity index (χ3n) is 4.18. The Morgan fingerprint density at radius 1 is 0.696 bits per heavy atom. The van der Waals surface area contributed by atoms with Gasteiger partial charge in [-0.1, -0.05) is 66.7 Å². The zero-order valence-corrected chi connectivity index (χ0v) is 14.4. The van der Waals surface area contributed by atoms with Crippen LogP contribution in [0.25, 0.3) is 32.7 Å². The minimum absolute atomic E-state index is 0.709. The molecular weight excluding hydrogens is 395 g/mol. The molecule has 0 bridgehead atoms. The fourth-order valence-corrected chi connectivity index (χ4v) is 4.20. The van der Waals surface area contributed by atoms with Gasteiger partial charge in [0.25, 0.3) is 0 Å². The zero-order chi connectivity index (χ0) is 15.8. The first-order valence-corrected chi connectivity index (χ1v) is 8.52. The normalized spacial score (nSPS) is 11.0. The van der Waals surface area contributed by atoms with Crippen molar-refractivity contribution in [1.29, 1.82) is 0 Å². The van der Waals surface area contributed by atoms with Gasteiger partial charge < -0.3 is 0 Å². The van der Waals surface area contributed by atoms with Crippen molar-refractivity contribution < 1.29 is 4.79 Å². The average molecular weight is 408 g/mol. The molecule has 110 valence electrons. The number of carbonyl (C=O) groups excluding carboxylic acids is 1. The van der Waals surface area contributed by atoms with Crippen LogP contribution in [0.1, 0.15) is 10.4 Å². The van der Waals surface area contributed by atoms with Gasteiger partial charge in [-0.2, -0.15) is 0 Å². The first-order chi connectivity index (χ1) is 11.3. The minimum Gasteiger partial charge on any atom is -0.298 e. The molecule has 0 saturated heterocycles. The summed E-state index contributed by atoms with van der Waals surface area (Å²) in [5.74, 6) is 0. The predicted molar refractivity (Wildman–Crippen MR) is 105 cm³/mol. The number of hydrogen-bond donors (Lipinski definition) is 0. The van der Waals surface area contributed by atoms with E-state index in [9.17, 15) is 4.79 Å². The SMILES string of the molecule is O=Cc1ccc2c(c1)c(-c1ccccc1)c(I)c1ccccc12. The molecule has 0 N–H and O–H groups in total. The zero-order valence-electron chi connectivity index (χ0n) is 12.3. The summed E-state index contributed by atoms with van der Waals surface area (Å²) in [5.41, 5.74) is 3.08. The minimum atomic E-state index is 0.709. The third-order valence-corrected chi connectivity index (χ3v) is 5.31. The van der Waals surface area contributed by atoms with Crippen molar-refractivity contribution >= 4 is 50.4 Å². The number of benzene rings is 4. The highest BCUT2D eigenvalue weighted by molar-refractivity contribution is 14.1. The summed E-state index contributed by atoms with van der Waals surface area (Å²) in [6.07, 6.45) is 0.913. The lowest BCUT2D eigenvalue weighted by atomic mass is 9.92. The summed E-state index contributed by atoms with van der Waals surface area (Å²) in [5, 5.41) is 4.79. The molecule has 0 amide bonds. The highest BCUT2D eigenvalue weighted by atomic mass is 127. The van der Waals surface area contributed by atoms with Gasteiger partial charge in [0.05, 0.1) is 0 Å². The lowest BCUT2D eigenvalue weighted by molar-refractivity contribution is 0.112. The molecule has 4 rings (SSSR count). The Balaban J connectivity index is 2.25. The molecule has 0 radical (unpaired) electrons. The van der Waals surface area contributed by atoms with Crippen LogP contribution >= 0.6 is 22.6 Å². The molecule has 0 atom stereocenters. The van der Waals surface area contributed by atoms with Crippen molar-refractivity contribution in [3.8, 4) is 11.1 Å². The van der Waals surface area contributed by atoms with E-state index in [4.69, 9.17) is 0 Å². The second-order valence-electron chi connectivity index (χ2n) is 5.52. The van der Waals surface area contributed by atoms with E-state index in [1.54, 1.807) is 0 Å². The number of hydrogen-bond acceptors (Lipinski definition) is 1. The lowest BCUT2D eigenvalue weighted by Gasteiger charge is -2.14. The van der Waals surface area contributed by atoms with Crippen molar-refractivity contribution in [3.63, 3.8) is 0 Å². The number of aldehydes is 1. The van der Waals surface area contributed by atoms with Crippen LogP contribution in [-0.4, -0.2) is 6.29 Å². The van der Waals surface area contributed by atoms with E-state index in [-0.39, 0.29) is 0 Å². The van der Waals surface area contributed by atoms with Crippen LogP contribution in [0.3, 0.4) is 0 Å². The molecule has 23 heavy (non-hydrogen) atoms. The fourth-order valence-electron chi connectivity index (χ4n) is 3.13. The van der Waals surface area contributed by atoms with Gasteiger partial charge in [0.1, 0.15) is 6.29 Å². The maximum Gasteiger partial charge on any atom is 0.150 e. The molecule has 0 aliphatic heterocycles. The summed E-state index contributed by atoms with van der Waals surface area (Å²) in [6.45, 7) is 0. The number of rotatable bonds is 2. The topological polar surface area (TPSA) is 17.1 Å². The molecule has 0 spiro atoms. The van der Waals surface area contributed by atoms with Crippen LogP contribution < -0.4 is 0 Å². The van der Waals surface area contributed by atoms with Crippen LogP contribution in [0.15, 0.2) is 72.8 Å². The van der Waals surface area contributed by atoms with Gasteiger partial charge in [-0.25, -0.2) is 0 Å². The molecular formula is C21H13IO. The monoisotopic (exact) mass is 408 g/mol. The summed E-state index contributed by atoms with van der Waals surface area (Å²) >= 11 is 2.43. The quantitative estimate of drug-likeness (QED) is 0.223. The molecule has 4 aromatic carbocycles. The van der Waals surface area contributed by atoms with E-state index in [2.05, 4.69) is 77.2 Å². The molecule has 0 unspecified atom stereocenters. The summed E-state index contributed by atoms with van der Waals surface area (Å²) in [6, 6.07) is 24.8.